The Labute approximate surface area is 149 Å². The minimum Gasteiger partial charge on any atom is -0.495 e. The molecule has 2 aromatic carbocycles. The molecule has 128 valence electrons. The van der Waals surface area contributed by atoms with Crippen molar-refractivity contribution < 1.29 is 14.6 Å². The summed E-state index contributed by atoms with van der Waals surface area (Å²) >= 11 is 6.27. The van der Waals surface area contributed by atoms with Gasteiger partial charge in [0.2, 0.25) is 0 Å². The van der Waals surface area contributed by atoms with Gasteiger partial charge in [-0.05, 0) is 29.3 Å². The van der Waals surface area contributed by atoms with Gasteiger partial charge in [0.15, 0.2) is 0 Å². The average Bonchev–Trinajstić information content (AvgIpc) is 2.99. The first-order valence-electron chi connectivity index (χ1n) is 8.00. The number of aromatic nitrogens is 1. The molecule has 0 bridgehead atoms. The molecule has 6 heteroatoms. The van der Waals surface area contributed by atoms with Gasteiger partial charge < -0.3 is 14.8 Å². The van der Waals surface area contributed by atoms with E-state index in [1.54, 1.807) is 13.2 Å². The molecule has 1 aliphatic rings. The number of ether oxygens (including phenoxy) is 1. The molecular formula is C19H17ClN2O3. The second-order valence-electron chi connectivity index (χ2n) is 6.15. The van der Waals surface area contributed by atoms with E-state index in [1.165, 1.54) is 0 Å². The van der Waals surface area contributed by atoms with E-state index in [-0.39, 0.29) is 6.04 Å². The summed E-state index contributed by atoms with van der Waals surface area (Å²) in [6, 6.07) is 12.5. The minimum absolute atomic E-state index is 0.277. The van der Waals surface area contributed by atoms with Gasteiger partial charge in [-0.2, -0.15) is 0 Å². The lowest BCUT2D eigenvalue weighted by molar-refractivity contribution is -0.139. The molecule has 3 N–H and O–H groups in total. The molecule has 25 heavy (non-hydrogen) atoms. The van der Waals surface area contributed by atoms with E-state index in [4.69, 9.17) is 16.3 Å². The van der Waals surface area contributed by atoms with Gasteiger partial charge in [-0.15, -0.1) is 0 Å². The topological polar surface area (TPSA) is 74.3 Å². The van der Waals surface area contributed by atoms with Gasteiger partial charge in [-0.3, -0.25) is 10.1 Å². The summed E-state index contributed by atoms with van der Waals surface area (Å²) in [5.74, 6) is -0.270. The highest BCUT2D eigenvalue weighted by Crippen LogP contribution is 2.37. The molecule has 2 atom stereocenters. The molecule has 5 nitrogen and oxygen atoms in total. The fourth-order valence-electron chi connectivity index (χ4n) is 3.52. The quantitative estimate of drug-likeness (QED) is 0.671. The van der Waals surface area contributed by atoms with Gasteiger partial charge in [0.1, 0.15) is 11.8 Å². The van der Waals surface area contributed by atoms with E-state index in [9.17, 15) is 9.90 Å². The number of benzene rings is 2. The number of carboxylic acids is 1. The first-order chi connectivity index (χ1) is 12.1. The number of carbonyl (C=O) groups is 1. The molecule has 0 saturated carbocycles. The van der Waals surface area contributed by atoms with Crippen LogP contribution < -0.4 is 10.1 Å². The molecule has 1 aliphatic heterocycles. The van der Waals surface area contributed by atoms with Crippen LogP contribution in [0.4, 0.5) is 0 Å². The molecule has 0 saturated heterocycles. The molecule has 2 unspecified atom stereocenters. The number of fused-ring (bicyclic) bond motifs is 3. The molecule has 1 aromatic heterocycles. The van der Waals surface area contributed by atoms with Gasteiger partial charge in [0, 0.05) is 23.0 Å². The summed E-state index contributed by atoms with van der Waals surface area (Å²) < 4.78 is 5.21. The number of hydrogen-bond donors (Lipinski definition) is 3. The Balaban J connectivity index is 1.87. The molecule has 0 radical (unpaired) electrons. The zero-order chi connectivity index (χ0) is 17.6. The SMILES string of the molecule is COc1ccc(C2NC(C(=O)O)Cc3c2[nH]c2ccccc32)cc1Cl. The third-order valence-electron chi connectivity index (χ3n) is 4.72. The smallest absolute Gasteiger partial charge is 0.321 e. The van der Waals surface area contributed by atoms with Crippen molar-refractivity contribution in [2.45, 2.75) is 18.5 Å². The van der Waals surface area contributed by atoms with E-state index < -0.39 is 12.0 Å². The van der Waals surface area contributed by atoms with Crippen LogP contribution in [0.1, 0.15) is 22.9 Å². The molecule has 2 heterocycles. The van der Waals surface area contributed by atoms with Crippen LogP contribution >= 0.6 is 11.6 Å². The number of aromatic amines is 1. The summed E-state index contributed by atoms with van der Waals surface area (Å²) in [5.41, 5.74) is 3.92. The summed E-state index contributed by atoms with van der Waals surface area (Å²) in [6.07, 6.45) is 0.440. The fourth-order valence-corrected chi connectivity index (χ4v) is 3.78. The Bertz CT molecular complexity index is 966. The lowest BCUT2D eigenvalue weighted by Gasteiger charge is -2.29. The number of hydrogen-bond acceptors (Lipinski definition) is 3. The van der Waals surface area contributed by atoms with Gasteiger partial charge >= 0.3 is 5.97 Å². The van der Waals surface area contributed by atoms with Crippen molar-refractivity contribution in [1.82, 2.24) is 10.3 Å². The molecule has 0 fully saturated rings. The number of carboxylic acid groups (broad SMARTS) is 1. The van der Waals surface area contributed by atoms with E-state index >= 15 is 0 Å². The van der Waals surface area contributed by atoms with Crippen LogP contribution in [0.5, 0.6) is 5.75 Å². The van der Waals surface area contributed by atoms with E-state index in [0.717, 1.165) is 27.7 Å². The van der Waals surface area contributed by atoms with Crippen molar-refractivity contribution in [2.75, 3.05) is 7.11 Å². The zero-order valence-corrected chi connectivity index (χ0v) is 14.3. The van der Waals surface area contributed by atoms with Gasteiger partial charge in [-0.1, -0.05) is 35.9 Å². The highest BCUT2D eigenvalue weighted by Gasteiger charge is 2.34. The number of rotatable bonds is 3. The van der Waals surface area contributed by atoms with Crippen molar-refractivity contribution in [3.8, 4) is 5.75 Å². The predicted octanol–water partition coefficient (Wildman–Crippen LogP) is 3.52. The normalized spacial score (nSPS) is 19.6. The van der Waals surface area contributed by atoms with E-state index in [0.29, 0.717) is 17.2 Å². The Morgan fingerprint density at radius 2 is 2.08 bits per heavy atom. The number of para-hydroxylation sites is 1. The van der Waals surface area contributed by atoms with Gasteiger partial charge in [0.25, 0.3) is 0 Å². The fraction of sp³-hybridized carbons (Fsp3) is 0.211. The van der Waals surface area contributed by atoms with Crippen molar-refractivity contribution in [1.29, 1.82) is 0 Å². The standard InChI is InChI=1S/C19H17ClN2O3/c1-25-16-7-6-10(8-13(16)20)17-18-12(9-15(22-17)19(23)24)11-4-2-3-5-14(11)21-18/h2-8,15,17,21-22H,9H2,1H3,(H,23,24). The summed E-state index contributed by atoms with van der Waals surface area (Å²) in [7, 11) is 1.57. The molecule has 0 spiro atoms. The highest BCUT2D eigenvalue weighted by atomic mass is 35.5. The molecule has 0 aliphatic carbocycles. The Kier molecular flexibility index (Phi) is 3.90. The lowest BCUT2D eigenvalue weighted by Crippen LogP contribution is -2.44. The van der Waals surface area contributed by atoms with Crippen molar-refractivity contribution in [2.24, 2.45) is 0 Å². The maximum Gasteiger partial charge on any atom is 0.321 e. The van der Waals surface area contributed by atoms with Crippen LogP contribution in [0, 0.1) is 0 Å². The second kappa shape index (κ2) is 6.10. The molecule has 0 amide bonds. The third-order valence-corrected chi connectivity index (χ3v) is 5.01. The molecule has 3 aromatic rings. The maximum absolute atomic E-state index is 11.6. The highest BCUT2D eigenvalue weighted by molar-refractivity contribution is 6.32. The molecule has 4 rings (SSSR count). The van der Waals surface area contributed by atoms with Gasteiger partial charge in [-0.25, -0.2) is 0 Å². The number of methoxy groups -OCH3 is 1. The summed E-state index contributed by atoms with van der Waals surface area (Å²) in [4.78, 5) is 15.1. The Morgan fingerprint density at radius 3 is 2.80 bits per heavy atom. The van der Waals surface area contributed by atoms with Gasteiger partial charge in [0.05, 0.1) is 18.2 Å². The van der Waals surface area contributed by atoms with Crippen molar-refractivity contribution in [3.63, 3.8) is 0 Å². The Morgan fingerprint density at radius 1 is 1.28 bits per heavy atom. The van der Waals surface area contributed by atoms with Crippen LogP contribution in [-0.4, -0.2) is 29.2 Å². The predicted molar refractivity (Wildman–Crippen MR) is 96.4 cm³/mol. The van der Waals surface area contributed by atoms with Crippen LogP contribution in [-0.2, 0) is 11.2 Å². The first kappa shape index (κ1) is 16.0. The number of aliphatic carboxylic acids is 1. The van der Waals surface area contributed by atoms with Crippen LogP contribution in [0.2, 0.25) is 5.02 Å². The van der Waals surface area contributed by atoms with Crippen LogP contribution in [0.25, 0.3) is 10.9 Å². The van der Waals surface area contributed by atoms with E-state index in [2.05, 4.69) is 10.3 Å². The largest absolute Gasteiger partial charge is 0.495 e. The number of halogens is 1. The number of nitrogens with one attached hydrogen (secondary N) is 2. The van der Waals surface area contributed by atoms with Crippen molar-refractivity contribution >= 4 is 28.5 Å². The number of H-pyrrole nitrogens is 1. The maximum atomic E-state index is 11.6. The second-order valence-corrected chi connectivity index (χ2v) is 6.56. The van der Waals surface area contributed by atoms with Crippen LogP contribution in [0.15, 0.2) is 42.5 Å². The average molecular weight is 357 g/mol. The monoisotopic (exact) mass is 356 g/mol. The zero-order valence-electron chi connectivity index (χ0n) is 13.5. The molecular weight excluding hydrogens is 340 g/mol. The Hall–Kier alpha value is -2.50. The summed E-state index contributed by atoms with van der Waals surface area (Å²) in [6.45, 7) is 0. The minimum atomic E-state index is -0.861. The first-order valence-corrected chi connectivity index (χ1v) is 8.38. The lowest BCUT2D eigenvalue weighted by atomic mass is 9.90. The van der Waals surface area contributed by atoms with Crippen molar-refractivity contribution in [3.05, 3.63) is 64.3 Å². The third kappa shape index (κ3) is 2.65. The summed E-state index contributed by atoms with van der Waals surface area (Å²) in [5, 5.41) is 14.3. The van der Waals surface area contributed by atoms with Crippen LogP contribution in [0.3, 0.4) is 0 Å². The van der Waals surface area contributed by atoms with E-state index in [1.807, 2.05) is 36.4 Å².